The molecule has 0 saturated carbocycles. The predicted molar refractivity (Wildman–Crippen MR) is 145 cm³/mol. The number of carbonyl (C=O) groups is 1. The van der Waals surface area contributed by atoms with Gasteiger partial charge in [-0.1, -0.05) is 157 Å². The van der Waals surface area contributed by atoms with Gasteiger partial charge in [0.25, 0.3) is 0 Å². The Hall–Kier alpha value is -1.87. The Morgan fingerprint density at radius 3 is 1.36 bits per heavy atom. The molecule has 3 heteroatoms. The zero-order chi connectivity index (χ0) is 23.6. The summed E-state index contributed by atoms with van der Waals surface area (Å²) in [5.74, 6) is -0.0961. The third-order valence-electron chi connectivity index (χ3n) is 6.97. The fraction of sp³-hybridized carbons (Fsp3) is 0.567. The van der Waals surface area contributed by atoms with Gasteiger partial charge in [-0.25, -0.2) is 0 Å². The van der Waals surface area contributed by atoms with Gasteiger partial charge in [-0.15, -0.1) is 0 Å². The highest BCUT2D eigenvalue weighted by Gasteiger charge is 2.42. The van der Waals surface area contributed by atoms with Gasteiger partial charge in [0, 0.05) is 0 Å². The van der Waals surface area contributed by atoms with Crippen LogP contribution < -0.4 is 0 Å². The Kier molecular flexibility index (Phi) is 13.8. The quantitative estimate of drug-likeness (QED) is 0.166. The maximum absolute atomic E-state index is 13.2. The number of benzene rings is 2. The Bertz CT molecular complexity index is 705. The highest BCUT2D eigenvalue weighted by molar-refractivity contribution is 6.08. The van der Waals surface area contributed by atoms with E-state index in [0.29, 0.717) is 10.5 Å². The molecule has 0 aliphatic rings. The molecule has 0 bridgehead atoms. The minimum atomic E-state index is -0.693. The van der Waals surface area contributed by atoms with E-state index in [1.54, 1.807) is 0 Å². The number of hydrogen-bond donors (Lipinski definition) is 0. The molecule has 0 radical (unpaired) electrons. The number of unbranched alkanes of at least 4 members (excludes halogenated alkanes) is 13. The van der Waals surface area contributed by atoms with Crippen molar-refractivity contribution in [2.45, 2.75) is 109 Å². The van der Waals surface area contributed by atoms with Gasteiger partial charge in [-0.3, -0.25) is 4.79 Å². The molecule has 0 spiro atoms. The molecule has 0 N–H and O–H groups in total. The van der Waals surface area contributed by atoms with Crippen molar-refractivity contribution >= 4 is 16.5 Å². The van der Waals surface area contributed by atoms with Gasteiger partial charge in [-0.2, -0.15) is 0 Å². The smallest absolute Gasteiger partial charge is 0.307 e. The predicted octanol–water partition coefficient (Wildman–Crippen LogP) is 7.67. The first-order valence-electron chi connectivity index (χ1n) is 13.4. The molecule has 0 aromatic heterocycles. The molecule has 2 aromatic rings. The Morgan fingerprint density at radius 1 is 0.636 bits per heavy atom. The zero-order valence-electron chi connectivity index (χ0n) is 21.2. The molecule has 0 heterocycles. The van der Waals surface area contributed by atoms with Gasteiger partial charge >= 0.3 is 5.97 Å². The topological polar surface area (TPSA) is 26.3 Å². The highest BCUT2D eigenvalue weighted by atomic mass is 28.2. The van der Waals surface area contributed by atoms with Crippen molar-refractivity contribution in [1.29, 1.82) is 0 Å². The van der Waals surface area contributed by atoms with E-state index in [9.17, 15) is 4.79 Å². The van der Waals surface area contributed by atoms with E-state index in [-0.39, 0.29) is 5.97 Å². The van der Waals surface area contributed by atoms with Crippen LogP contribution >= 0.6 is 0 Å². The van der Waals surface area contributed by atoms with Crippen LogP contribution in [0.4, 0.5) is 0 Å². The maximum atomic E-state index is 13.2. The van der Waals surface area contributed by atoms with Crippen LogP contribution in [0.3, 0.4) is 0 Å². The largest absolute Gasteiger partial charge is 0.528 e. The molecular weight excluding hydrogens is 420 g/mol. The summed E-state index contributed by atoms with van der Waals surface area (Å²) in [4.78, 5) is 13.2. The average Bonchev–Trinajstić information content (AvgIpc) is 2.87. The van der Waals surface area contributed by atoms with Gasteiger partial charge in [-0.05, 0) is 17.5 Å². The SMILES string of the molecule is CCCCCCCCCCCCCCCCC(C(=O)O[SiH3])(c1ccccc1)c1ccccc1. The average molecular weight is 467 g/mol. The molecular formula is C30H46O2Si. The standard InChI is InChI=1S/C30H46O2Si/c1-2-3-4-5-6-7-8-9-10-11-12-13-14-21-26-30(29(31)32-33,27-22-17-15-18-23-27)28-24-19-16-20-25-28/h15-20,22-25H,2-14,21,26H2,1,33H3. The van der Waals surface area contributed by atoms with Crippen LogP contribution in [0.15, 0.2) is 60.7 Å². The molecule has 2 aromatic carbocycles. The lowest BCUT2D eigenvalue weighted by Crippen LogP contribution is -2.38. The van der Waals surface area contributed by atoms with Crippen LogP contribution in [0.5, 0.6) is 0 Å². The van der Waals surface area contributed by atoms with Crippen LogP contribution in [0.1, 0.15) is 114 Å². The Balaban J connectivity index is 1.76. The van der Waals surface area contributed by atoms with Gasteiger partial charge < -0.3 is 4.43 Å². The second-order valence-electron chi connectivity index (χ2n) is 9.48. The Morgan fingerprint density at radius 2 is 1.00 bits per heavy atom. The summed E-state index contributed by atoms with van der Waals surface area (Å²) in [7, 11) is 0.418. The summed E-state index contributed by atoms with van der Waals surface area (Å²) >= 11 is 0. The second kappa shape index (κ2) is 16.7. The van der Waals surface area contributed by atoms with Gasteiger partial charge in [0.05, 0.1) is 0 Å². The molecule has 0 saturated heterocycles. The molecule has 0 aliphatic carbocycles. The molecule has 33 heavy (non-hydrogen) atoms. The van der Waals surface area contributed by atoms with Crippen molar-refractivity contribution in [2.24, 2.45) is 0 Å². The molecule has 2 rings (SSSR count). The van der Waals surface area contributed by atoms with Crippen LogP contribution in [0, 0.1) is 0 Å². The molecule has 0 aliphatic heterocycles. The first-order chi connectivity index (χ1) is 16.3. The van der Waals surface area contributed by atoms with Crippen LogP contribution in [0.2, 0.25) is 0 Å². The lowest BCUT2D eigenvalue weighted by atomic mass is 9.71. The van der Waals surface area contributed by atoms with E-state index >= 15 is 0 Å². The molecule has 0 unspecified atom stereocenters. The summed E-state index contributed by atoms with van der Waals surface area (Å²) in [6, 6.07) is 20.4. The van der Waals surface area contributed by atoms with E-state index in [0.717, 1.165) is 24.0 Å². The minimum Gasteiger partial charge on any atom is -0.528 e. The third-order valence-corrected chi connectivity index (χ3v) is 7.34. The normalized spacial score (nSPS) is 11.5. The lowest BCUT2D eigenvalue weighted by Gasteiger charge is -2.32. The molecule has 0 amide bonds. The summed E-state index contributed by atoms with van der Waals surface area (Å²) in [6.07, 6.45) is 19.5. The summed E-state index contributed by atoms with van der Waals surface area (Å²) < 4.78 is 5.49. The van der Waals surface area contributed by atoms with Crippen molar-refractivity contribution in [3.05, 3.63) is 71.8 Å². The van der Waals surface area contributed by atoms with Crippen molar-refractivity contribution < 1.29 is 9.22 Å². The van der Waals surface area contributed by atoms with Crippen molar-refractivity contribution in [3.8, 4) is 0 Å². The van der Waals surface area contributed by atoms with Crippen LogP contribution in [-0.4, -0.2) is 16.5 Å². The summed E-state index contributed by atoms with van der Waals surface area (Å²) in [5, 5.41) is 0. The monoisotopic (exact) mass is 466 g/mol. The summed E-state index contributed by atoms with van der Waals surface area (Å²) in [5.41, 5.74) is 1.40. The molecule has 2 nitrogen and oxygen atoms in total. The zero-order valence-corrected chi connectivity index (χ0v) is 23.2. The van der Waals surface area contributed by atoms with Crippen LogP contribution in [0.25, 0.3) is 0 Å². The number of hydrogen-bond acceptors (Lipinski definition) is 2. The van der Waals surface area contributed by atoms with E-state index < -0.39 is 5.41 Å². The second-order valence-corrected chi connectivity index (χ2v) is 9.88. The van der Waals surface area contributed by atoms with Crippen molar-refractivity contribution in [1.82, 2.24) is 0 Å². The van der Waals surface area contributed by atoms with Gasteiger partial charge in [0.15, 0.2) is 0 Å². The molecule has 0 fully saturated rings. The number of rotatable bonds is 18. The van der Waals surface area contributed by atoms with Crippen molar-refractivity contribution in [2.75, 3.05) is 0 Å². The van der Waals surface area contributed by atoms with Crippen molar-refractivity contribution in [3.63, 3.8) is 0 Å². The van der Waals surface area contributed by atoms with Crippen LogP contribution in [-0.2, 0) is 14.6 Å². The highest BCUT2D eigenvalue weighted by Crippen LogP contribution is 2.38. The first kappa shape index (κ1) is 27.4. The maximum Gasteiger partial charge on any atom is 0.307 e. The summed E-state index contributed by atoms with van der Waals surface area (Å²) in [6.45, 7) is 2.28. The third kappa shape index (κ3) is 9.12. The molecule has 182 valence electrons. The van der Waals surface area contributed by atoms with E-state index in [1.807, 2.05) is 36.4 Å². The minimum absolute atomic E-state index is 0.0961. The van der Waals surface area contributed by atoms with E-state index in [4.69, 9.17) is 4.43 Å². The molecule has 0 atom stereocenters. The fourth-order valence-corrected chi connectivity index (χ4v) is 5.35. The Labute approximate surface area is 206 Å². The lowest BCUT2D eigenvalue weighted by molar-refractivity contribution is -0.139. The first-order valence-corrected chi connectivity index (χ1v) is 14.3. The van der Waals surface area contributed by atoms with E-state index in [2.05, 4.69) is 31.2 Å². The van der Waals surface area contributed by atoms with E-state index in [1.165, 1.54) is 83.5 Å². The van der Waals surface area contributed by atoms with Gasteiger partial charge in [0.1, 0.15) is 5.41 Å². The fourth-order valence-electron chi connectivity index (χ4n) is 5.00. The number of carbonyl (C=O) groups excluding carboxylic acids is 1. The van der Waals surface area contributed by atoms with Gasteiger partial charge in [0.2, 0.25) is 10.5 Å².